The van der Waals surface area contributed by atoms with Gasteiger partial charge in [-0.2, -0.15) is 0 Å². The summed E-state index contributed by atoms with van der Waals surface area (Å²) in [5.74, 6) is 1.12. The maximum atomic E-state index is 6.88. The second kappa shape index (κ2) is 3.77. The van der Waals surface area contributed by atoms with Crippen molar-refractivity contribution in [1.29, 1.82) is 0 Å². The average Bonchev–Trinajstić information content (AvgIpc) is 2.42. The van der Waals surface area contributed by atoms with Crippen molar-refractivity contribution < 1.29 is 9.47 Å². The monoisotopic (exact) mass is 209 g/mol. The fourth-order valence-electron chi connectivity index (χ4n) is 1.28. The van der Waals surface area contributed by atoms with E-state index in [1.165, 1.54) is 0 Å². The van der Waals surface area contributed by atoms with Gasteiger partial charge in [-0.3, -0.25) is 0 Å². The summed E-state index contributed by atoms with van der Waals surface area (Å²) in [6.45, 7) is 8.09. The summed E-state index contributed by atoms with van der Waals surface area (Å²) >= 11 is 5.95. The van der Waals surface area contributed by atoms with E-state index in [-0.39, 0.29) is 0 Å². The predicted molar refractivity (Wildman–Crippen MR) is 53.3 cm³/mol. The normalized spacial score (nSPS) is 14.3. The van der Waals surface area contributed by atoms with Crippen molar-refractivity contribution >= 4 is 17.3 Å². The van der Waals surface area contributed by atoms with Gasteiger partial charge in [-0.1, -0.05) is 11.6 Å². The molecule has 1 aromatic rings. The van der Waals surface area contributed by atoms with E-state index in [0.29, 0.717) is 35.4 Å². The Labute approximate surface area is 87.0 Å². The minimum absolute atomic E-state index is 0.440. The Morgan fingerprint density at radius 3 is 2.86 bits per heavy atom. The molecular formula is C10H8ClNO2. The van der Waals surface area contributed by atoms with Crippen molar-refractivity contribution in [1.82, 2.24) is 0 Å². The highest BCUT2D eigenvalue weighted by molar-refractivity contribution is 6.32. The summed E-state index contributed by atoms with van der Waals surface area (Å²) in [7, 11) is 0. The summed E-state index contributed by atoms with van der Waals surface area (Å²) in [5.41, 5.74) is 0.472. The fraction of sp³-hybridized carbons (Fsp3) is 0.300. The Morgan fingerprint density at radius 2 is 2.07 bits per heavy atom. The van der Waals surface area contributed by atoms with Crippen LogP contribution in [0.1, 0.15) is 6.42 Å². The summed E-state index contributed by atoms with van der Waals surface area (Å²) < 4.78 is 10.8. The van der Waals surface area contributed by atoms with E-state index in [0.717, 1.165) is 6.42 Å². The third-order valence-corrected chi connectivity index (χ3v) is 2.20. The van der Waals surface area contributed by atoms with Gasteiger partial charge in [-0.25, -0.2) is 4.85 Å². The number of hydrogen-bond donors (Lipinski definition) is 0. The van der Waals surface area contributed by atoms with E-state index in [4.69, 9.17) is 27.6 Å². The third-order valence-electron chi connectivity index (χ3n) is 1.92. The molecular weight excluding hydrogens is 202 g/mol. The predicted octanol–water partition coefficient (Wildman–Crippen LogP) is 3.05. The van der Waals surface area contributed by atoms with Gasteiger partial charge >= 0.3 is 0 Å². The van der Waals surface area contributed by atoms with Crippen LogP contribution in [0, 0.1) is 6.57 Å². The second-order valence-corrected chi connectivity index (χ2v) is 3.32. The van der Waals surface area contributed by atoms with Gasteiger partial charge in [0.15, 0.2) is 17.2 Å². The number of fused-ring (bicyclic) bond motifs is 1. The molecule has 14 heavy (non-hydrogen) atoms. The van der Waals surface area contributed by atoms with E-state index in [1.54, 1.807) is 12.1 Å². The van der Waals surface area contributed by atoms with Crippen LogP contribution < -0.4 is 9.47 Å². The molecule has 72 valence electrons. The molecule has 4 heteroatoms. The van der Waals surface area contributed by atoms with Crippen LogP contribution >= 0.6 is 11.6 Å². The van der Waals surface area contributed by atoms with Crippen LogP contribution in [-0.2, 0) is 0 Å². The average molecular weight is 210 g/mol. The Morgan fingerprint density at radius 1 is 1.29 bits per heavy atom. The van der Waals surface area contributed by atoms with Crippen LogP contribution in [-0.4, -0.2) is 13.2 Å². The molecule has 0 aliphatic carbocycles. The van der Waals surface area contributed by atoms with Crippen molar-refractivity contribution in [2.45, 2.75) is 6.42 Å². The molecule has 0 fully saturated rings. The van der Waals surface area contributed by atoms with Gasteiger partial charge in [0.25, 0.3) is 0 Å². The lowest BCUT2D eigenvalue weighted by Gasteiger charge is -2.08. The smallest absolute Gasteiger partial charge is 0.192 e. The number of rotatable bonds is 0. The Kier molecular flexibility index (Phi) is 2.47. The molecule has 1 heterocycles. The van der Waals surface area contributed by atoms with E-state index < -0.39 is 0 Å². The third kappa shape index (κ3) is 1.61. The van der Waals surface area contributed by atoms with Crippen LogP contribution in [0.5, 0.6) is 11.5 Å². The molecule has 0 spiro atoms. The molecule has 1 aliphatic rings. The second-order valence-electron chi connectivity index (χ2n) is 2.92. The lowest BCUT2D eigenvalue weighted by atomic mass is 10.3. The standard InChI is InChI=1S/C10H8ClNO2/c1-12-7-5-8(11)10-9(6-7)13-3-2-4-14-10/h5-6H,2-4H2. The SMILES string of the molecule is [C-]#[N+]c1cc(Cl)c2c(c1)OCCCO2. The minimum atomic E-state index is 0.440. The highest BCUT2D eigenvalue weighted by Gasteiger charge is 2.14. The molecule has 0 radical (unpaired) electrons. The highest BCUT2D eigenvalue weighted by atomic mass is 35.5. The molecule has 0 saturated carbocycles. The van der Waals surface area contributed by atoms with Gasteiger partial charge in [0, 0.05) is 6.42 Å². The molecule has 0 aromatic heterocycles. The van der Waals surface area contributed by atoms with Gasteiger partial charge in [0.2, 0.25) is 0 Å². The largest absolute Gasteiger partial charge is 0.491 e. The number of ether oxygens (including phenoxy) is 2. The van der Waals surface area contributed by atoms with E-state index in [2.05, 4.69) is 4.85 Å². The molecule has 2 rings (SSSR count). The van der Waals surface area contributed by atoms with Crippen molar-refractivity contribution in [3.8, 4) is 11.5 Å². The number of nitrogens with zero attached hydrogens (tertiary/aromatic N) is 1. The highest BCUT2D eigenvalue weighted by Crippen LogP contribution is 2.40. The first kappa shape index (κ1) is 9.17. The van der Waals surface area contributed by atoms with Gasteiger partial charge in [-0.05, 0) is 12.1 Å². The Balaban J connectivity index is 2.50. The summed E-state index contributed by atoms with van der Waals surface area (Å²) in [6, 6.07) is 3.24. The van der Waals surface area contributed by atoms with Crippen molar-refractivity contribution in [3.63, 3.8) is 0 Å². The van der Waals surface area contributed by atoms with Gasteiger partial charge in [0.1, 0.15) is 0 Å². The summed E-state index contributed by atoms with van der Waals surface area (Å²) in [5, 5.41) is 0.440. The molecule has 0 amide bonds. The first-order chi connectivity index (χ1) is 6.81. The minimum Gasteiger partial charge on any atom is -0.491 e. The molecule has 0 bridgehead atoms. The molecule has 0 atom stereocenters. The van der Waals surface area contributed by atoms with Crippen LogP contribution in [0.15, 0.2) is 12.1 Å². The Bertz CT molecular complexity index is 398. The zero-order valence-electron chi connectivity index (χ0n) is 7.42. The lowest BCUT2D eigenvalue weighted by Crippen LogP contribution is -1.97. The quantitative estimate of drug-likeness (QED) is 0.613. The maximum absolute atomic E-state index is 6.88. The van der Waals surface area contributed by atoms with Crippen molar-refractivity contribution in [3.05, 3.63) is 28.6 Å². The first-order valence-electron chi connectivity index (χ1n) is 4.28. The van der Waals surface area contributed by atoms with E-state index in [9.17, 15) is 0 Å². The molecule has 1 aliphatic heterocycles. The summed E-state index contributed by atoms with van der Waals surface area (Å²) in [4.78, 5) is 3.30. The van der Waals surface area contributed by atoms with Gasteiger partial charge in [-0.15, -0.1) is 0 Å². The van der Waals surface area contributed by atoms with Crippen molar-refractivity contribution in [2.24, 2.45) is 0 Å². The molecule has 0 unspecified atom stereocenters. The van der Waals surface area contributed by atoms with E-state index in [1.807, 2.05) is 0 Å². The number of hydrogen-bond acceptors (Lipinski definition) is 2. The zero-order valence-corrected chi connectivity index (χ0v) is 8.17. The first-order valence-corrected chi connectivity index (χ1v) is 4.65. The van der Waals surface area contributed by atoms with E-state index >= 15 is 0 Å². The molecule has 3 nitrogen and oxygen atoms in total. The number of halogens is 1. The lowest BCUT2D eigenvalue weighted by molar-refractivity contribution is 0.297. The van der Waals surface area contributed by atoms with Crippen LogP contribution in [0.2, 0.25) is 5.02 Å². The zero-order chi connectivity index (χ0) is 9.97. The maximum Gasteiger partial charge on any atom is 0.192 e. The van der Waals surface area contributed by atoms with Crippen LogP contribution in [0.3, 0.4) is 0 Å². The molecule has 0 saturated heterocycles. The molecule has 0 N–H and O–H groups in total. The van der Waals surface area contributed by atoms with Crippen LogP contribution in [0.25, 0.3) is 4.85 Å². The Hall–Kier alpha value is -1.40. The summed E-state index contributed by atoms with van der Waals surface area (Å²) in [6.07, 6.45) is 0.832. The van der Waals surface area contributed by atoms with Crippen molar-refractivity contribution in [2.75, 3.05) is 13.2 Å². The molecule has 1 aromatic carbocycles. The fourth-order valence-corrected chi connectivity index (χ4v) is 1.54. The topological polar surface area (TPSA) is 22.8 Å². The van der Waals surface area contributed by atoms with Crippen LogP contribution in [0.4, 0.5) is 5.69 Å². The van der Waals surface area contributed by atoms with Gasteiger partial charge in [0.05, 0.1) is 24.8 Å². The number of benzene rings is 1. The van der Waals surface area contributed by atoms with Gasteiger partial charge < -0.3 is 9.47 Å².